The first-order valence-electron chi connectivity index (χ1n) is 10.5. The standard InChI is InChI=1S/C21H23N5O3S/c27-21(18-11-14-3-1-2-4-17(14)23-18)24-9-10-25-19(13-24)20(12-22-25)30(28,29)26(15-5-6-15)16-7-8-16/h1-4,11-12,15-16,23H,5-10,13H2. The van der Waals surface area contributed by atoms with Gasteiger partial charge in [-0.25, -0.2) is 8.42 Å². The molecule has 1 aromatic carbocycles. The van der Waals surface area contributed by atoms with E-state index in [1.165, 1.54) is 6.20 Å². The van der Waals surface area contributed by atoms with E-state index in [4.69, 9.17) is 0 Å². The SMILES string of the molecule is O=C(c1cc2ccccc2[nH]1)N1CCn2ncc(S(=O)(=O)N(C3CC3)C3CC3)c2C1. The molecule has 30 heavy (non-hydrogen) atoms. The smallest absolute Gasteiger partial charge is 0.270 e. The van der Waals surface area contributed by atoms with Gasteiger partial charge in [-0.1, -0.05) is 18.2 Å². The summed E-state index contributed by atoms with van der Waals surface area (Å²) in [7, 11) is -3.60. The zero-order valence-corrected chi connectivity index (χ0v) is 17.3. The largest absolute Gasteiger partial charge is 0.351 e. The van der Waals surface area contributed by atoms with E-state index >= 15 is 0 Å². The van der Waals surface area contributed by atoms with E-state index in [-0.39, 0.29) is 29.4 Å². The van der Waals surface area contributed by atoms with Crippen LogP contribution in [0, 0.1) is 0 Å². The van der Waals surface area contributed by atoms with Gasteiger partial charge < -0.3 is 9.88 Å². The monoisotopic (exact) mass is 425 g/mol. The highest BCUT2D eigenvalue weighted by Gasteiger charge is 2.48. The molecule has 0 bridgehead atoms. The van der Waals surface area contributed by atoms with Crippen LogP contribution in [0.25, 0.3) is 10.9 Å². The van der Waals surface area contributed by atoms with Gasteiger partial charge in [0.05, 0.1) is 25.0 Å². The quantitative estimate of drug-likeness (QED) is 0.679. The normalized spacial score (nSPS) is 19.4. The summed E-state index contributed by atoms with van der Waals surface area (Å²) in [6, 6.07) is 9.87. The number of hydrogen-bond donors (Lipinski definition) is 1. The molecule has 0 radical (unpaired) electrons. The molecular formula is C21H23N5O3S. The van der Waals surface area contributed by atoms with E-state index in [9.17, 15) is 13.2 Å². The van der Waals surface area contributed by atoms with Crippen molar-refractivity contribution in [3.63, 3.8) is 0 Å². The van der Waals surface area contributed by atoms with Gasteiger partial charge in [0.15, 0.2) is 0 Å². The van der Waals surface area contributed by atoms with Crippen LogP contribution in [0.5, 0.6) is 0 Å². The van der Waals surface area contributed by atoms with Gasteiger partial charge in [0, 0.05) is 29.5 Å². The van der Waals surface area contributed by atoms with Crippen LogP contribution in [0.1, 0.15) is 41.9 Å². The Morgan fingerprint density at radius 2 is 1.83 bits per heavy atom. The van der Waals surface area contributed by atoms with Crippen LogP contribution in [-0.2, 0) is 23.1 Å². The fourth-order valence-electron chi connectivity index (χ4n) is 4.43. The lowest BCUT2D eigenvalue weighted by Crippen LogP contribution is -2.40. The number of carbonyl (C=O) groups is 1. The number of hydrogen-bond acceptors (Lipinski definition) is 4. The topological polar surface area (TPSA) is 91.3 Å². The second-order valence-corrected chi connectivity index (χ2v) is 10.3. The van der Waals surface area contributed by atoms with Crippen molar-refractivity contribution >= 4 is 26.8 Å². The van der Waals surface area contributed by atoms with Crippen molar-refractivity contribution in [3.05, 3.63) is 47.9 Å². The van der Waals surface area contributed by atoms with E-state index in [0.717, 1.165) is 36.6 Å². The molecule has 2 aromatic heterocycles. The highest BCUT2D eigenvalue weighted by molar-refractivity contribution is 7.89. The number of para-hydroxylation sites is 1. The summed E-state index contributed by atoms with van der Waals surface area (Å²) >= 11 is 0. The summed E-state index contributed by atoms with van der Waals surface area (Å²) in [5, 5.41) is 5.31. The molecule has 2 fully saturated rings. The van der Waals surface area contributed by atoms with Gasteiger partial charge in [-0.2, -0.15) is 9.40 Å². The molecule has 9 heteroatoms. The van der Waals surface area contributed by atoms with Gasteiger partial charge in [-0.3, -0.25) is 9.48 Å². The molecule has 6 rings (SSSR count). The predicted octanol–water partition coefficient (Wildman–Crippen LogP) is 2.34. The molecule has 2 aliphatic carbocycles. The number of aromatic nitrogens is 3. The van der Waals surface area contributed by atoms with Gasteiger partial charge in [0.25, 0.3) is 5.91 Å². The minimum Gasteiger partial charge on any atom is -0.351 e. The van der Waals surface area contributed by atoms with Gasteiger partial charge >= 0.3 is 0 Å². The van der Waals surface area contributed by atoms with Crippen LogP contribution in [0.2, 0.25) is 0 Å². The van der Waals surface area contributed by atoms with E-state index < -0.39 is 10.0 Å². The third-order valence-corrected chi connectivity index (χ3v) is 8.30. The maximum Gasteiger partial charge on any atom is 0.270 e. The third-order valence-electron chi connectivity index (χ3n) is 6.25. The fourth-order valence-corrected chi connectivity index (χ4v) is 6.51. The summed E-state index contributed by atoms with van der Waals surface area (Å²) in [5.74, 6) is -0.122. The average molecular weight is 426 g/mol. The number of amides is 1. The first-order chi connectivity index (χ1) is 14.5. The lowest BCUT2D eigenvalue weighted by molar-refractivity contribution is 0.0698. The number of benzene rings is 1. The molecule has 2 saturated carbocycles. The molecule has 156 valence electrons. The number of sulfonamides is 1. The summed E-state index contributed by atoms with van der Waals surface area (Å²) < 4.78 is 30.4. The fraction of sp³-hybridized carbons (Fsp3) is 0.429. The second-order valence-electron chi connectivity index (χ2n) is 8.47. The van der Waals surface area contributed by atoms with E-state index in [2.05, 4.69) is 10.1 Å². The number of fused-ring (bicyclic) bond motifs is 2. The Kier molecular flexibility index (Phi) is 3.88. The van der Waals surface area contributed by atoms with Crippen molar-refractivity contribution in [2.45, 2.75) is 55.8 Å². The minimum absolute atomic E-state index is 0.122. The molecule has 0 saturated heterocycles. The molecule has 8 nitrogen and oxygen atoms in total. The molecule has 3 heterocycles. The third kappa shape index (κ3) is 2.87. The van der Waals surface area contributed by atoms with Crippen LogP contribution in [0.15, 0.2) is 41.4 Å². The number of nitrogens with zero attached hydrogens (tertiary/aromatic N) is 4. The summed E-state index contributed by atoms with van der Waals surface area (Å²) in [6.45, 7) is 1.23. The van der Waals surface area contributed by atoms with E-state index in [0.29, 0.717) is 24.5 Å². The number of nitrogens with one attached hydrogen (secondary N) is 1. The summed E-state index contributed by atoms with van der Waals surface area (Å²) in [6.07, 6.45) is 5.21. The molecule has 1 N–H and O–H groups in total. The van der Waals surface area contributed by atoms with Crippen molar-refractivity contribution in [1.82, 2.24) is 24.0 Å². The molecular weight excluding hydrogens is 402 g/mol. The Morgan fingerprint density at radius 3 is 2.53 bits per heavy atom. The van der Waals surface area contributed by atoms with Crippen LogP contribution in [0.4, 0.5) is 0 Å². The maximum absolute atomic E-state index is 13.5. The molecule has 0 spiro atoms. The molecule has 1 aliphatic heterocycles. The van der Waals surface area contributed by atoms with Crippen LogP contribution < -0.4 is 0 Å². The Balaban J connectivity index is 1.31. The van der Waals surface area contributed by atoms with Crippen molar-refractivity contribution < 1.29 is 13.2 Å². The Morgan fingerprint density at radius 1 is 1.10 bits per heavy atom. The lowest BCUT2D eigenvalue weighted by Gasteiger charge is -2.29. The van der Waals surface area contributed by atoms with Crippen molar-refractivity contribution in [1.29, 1.82) is 0 Å². The van der Waals surface area contributed by atoms with E-state index in [1.807, 2.05) is 30.3 Å². The van der Waals surface area contributed by atoms with Crippen molar-refractivity contribution in [2.75, 3.05) is 6.54 Å². The lowest BCUT2D eigenvalue weighted by atomic mass is 10.2. The Bertz CT molecular complexity index is 1210. The highest BCUT2D eigenvalue weighted by atomic mass is 32.2. The highest BCUT2D eigenvalue weighted by Crippen LogP contribution is 2.42. The Hall–Kier alpha value is -2.65. The van der Waals surface area contributed by atoms with Crippen molar-refractivity contribution in [3.8, 4) is 0 Å². The molecule has 3 aromatic rings. The van der Waals surface area contributed by atoms with E-state index in [1.54, 1.807) is 13.9 Å². The van der Waals surface area contributed by atoms with Crippen molar-refractivity contribution in [2.24, 2.45) is 0 Å². The van der Waals surface area contributed by atoms with Gasteiger partial charge in [0.2, 0.25) is 10.0 Å². The van der Waals surface area contributed by atoms with Gasteiger partial charge in [-0.15, -0.1) is 0 Å². The van der Waals surface area contributed by atoms with Crippen LogP contribution in [0.3, 0.4) is 0 Å². The predicted molar refractivity (Wildman–Crippen MR) is 110 cm³/mol. The van der Waals surface area contributed by atoms with Gasteiger partial charge in [-0.05, 0) is 37.8 Å². The average Bonchev–Trinajstić information content (AvgIpc) is 3.66. The molecule has 3 aliphatic rings. The number of rotatable bonds is 5. The first-order valence-corrected chi connectivity index (χ1v) is 11.9. The molecule has 0 atom stereocenters. The van der Waals surface area contributed by atoms with Crippen LogP contribution >= 0.6 is 0 Å². The number of carbonyl (C=O) groups excluding carboxylic acids is 1. The zero-order valence-electron chi connectivity index (χ0n) is 16.5. The maximum atomic E-state index is 13.5. The summed E-state index contributed by atoms with van der Waals surface area (Å²) in [4.78, 5) is 18.3. The molecule has 0 unspecified atom stereocenters. The summed E-state index contributed by atoms with van der Waals surface area (Å²) in [5.41, 5.74) is 2.04. The zero-order chi connectivity index (χ0) is 20.5. The second kappa shape index (κ2) is 6.42. The number of H-pyrrole nitrogens is 1. The Labute approximate surface area is 174 Å². The minimum atomic E-state index is -3.60. The first kappa shape index (κ1) is 18.1. The number of aromatic amines is 1. The van der Waals surface area contributed by atoms with Crippen LogP contribution in [-0.4, -0.2) is 56.9 Å². The molecule has 1 amide bonds. The van der Waals surface area contributed by atoms with Gasteiger partial charge in [0.1, 0.15) is 10.6 Å².